The molecule has 1 heterocycles. The van der Waals surface area contributed by atoms with Gasteiger partial charge in [0.05, 0.1) is 5.69 Å². The van der Waals surface area contributed by atoms with E-state index in [9.17, 15) is 5.11 Å². The summed E-state index contributed by atoms with van der Waals surface area (Å²) >= 11 is 0. The van der Waals surface area contributed by atoms with E-state index >= 15 is 0 Å². The van der Waals surface area contributed by atoms with Gasteiger partial charge in [-0.2, -0.15) is 5.10 Å². The summed E-state index contributed by atoms with van der Waals surface area (Å²) in [5.41, 5.74) is 1.86. The topological polar surface area (TPSA) is 38.0 Å². The number of unbranched alkanes of at least 4 members (excludes halogenated alkanes) is 1. The molecule has 0 fully saturated rings. The maximum absolute atomic E-state index is 10.1. The van der Waals surface area contributed by atoms with Gasteiger partial charge < -0.3 is 5.11 Å². The Labute approximate surface area is 98.5 Å². The molecule has 0 saturated heterocycles. The standard InChI is InChI=1S/C13H24N2O/c1-5-8-9-15-11(7-3)13(16)12(14-15)10(4)6-2/h10,16H,5-9H2,1-4H3. The van der Waals surface area contributed by atoms with Crippen molar-refractivity contribution in [2.45, 2.75) is 65.8 Å². The molecule has 92 valence electrons. The third-order valence-electron chi connectivity index (χ3n) is 3.19. The van der Waals surface area contributed by atoms with Gasteiger partial charge in [0.1, 0.15) is 5.69 Å². The van der Waals surface area contributed by atoms with Gasteiger partial charge in [0.2, 0.25) is 0 Å². The molecule has 1 aromatic rings. The molecule has 0 aliphatic carbocycles. The molecule has 16 heavy (non-hydrogen) atoms. The molecule has 0 saturated carbocycles. The van der Waals surface area contributed by atoms with Crippen molar-refractivity contribution in [3.63, 3.8) is 0 Å². The highest BCUT2D eigenvalue weighted by molar-refractivity contribution is 5.34. The molecular weight excluding hydrogens is 200 g/mol. The summed E-state index contributed by atoms with van der Waals surface area (Å²) in [5, 5.41) is 14.7. The van der Waals surface area contributed by atoms with E-state index in [0.717, 1.165) is 43.6 Å². The molecule has 1 aromatic heterocycles. The lowest BCUT2D eigenvalue weighted by Gasteiger charge is -2.04. The molecule has 0 spiro atoms. The van der Waals surface area contributed by atoms with Crippen LogP contribution in [0.5, 0.6) is 5.75 Å². The fourth-order valence-corrected chi connectivity index (χ4v) is 1.88. The molecule has 1 N–H and O–H groups in total. The largest absolute Gasteiger partial charge is 0.504 e. The van der Waals surface area contributed by atoms with Crippen molar-refractivity contribution in [3.05, 3.63) is 11.4 Å². The predicted octanol–water partition coefficient (Wildman–Crippen LogP) is 3.46. The van der Waals surface area contributed by atoms with Crippen LogP contribution in [0, 0.1) is 0 Å². The van der Waals surface area contributed by atoms with Crippen molar-refractivity contribution in [2.24, 2.45) is 0 Å². The predicted molar refractivity (Wildman–Crippen MR) is 66.9 cm³/mol. The van der Waals surface area contributed by atoms with Crippen LogP contribution in [0.15, 0.2) is 0 Å². The van der Waals surface area contributed by atoms with E-state index in [4.69, 9.17) is 0 Å². The second-order valence-corrected chi connectivity index (χ2v) is 4.42. The first-order chi connectivity index (χ1) is 7.65. The SMILES string of the molecule is CCCCn1nc(C(C)CC)c(O)c1CC. The van der Waals surface area contributed by atoms with Gasteiger partial charge in [-0.15, -0.1) is 0 Å². The zero-order chi connectivity index (χ0) is 12.1. The van der Waals surface area contributed by atoms with Crippen molar-refractivity contribution >= 4 is 0 Å². The van der Waals surface area contributed by atoms with Crippen LogP contribution in [0.25, 0.3) is 0 Å². The molecule has 0 aliphatic heterocycles. The smallest absolute Gasteiger partial charge is 0.160 e. The maximum Gasteiger partial charge on any atom is 0.160 e. The fraction of sp³-hybridized carbons (Fsp3) is 0.769. The van der Waals surface area contributed by atoms with Gasteiger partial charge in [0.15, 0.2) is 5.75 Å². The molecule has 1 unspecified atom stereocenters. The fourth-order valence-electron chi connectivity index (χ4n) is 1.88. The molecule has 0 bridgehead atoms. The molecule has 3 heteroatoms. The molecule has 0 amide bonds. The second kappa shape index (κ2) is 5.92. The van der Waals surface area contributed by atoms with Crippen LogP contribution >= 0.6 is 0 Å². The number of rotatable bonds is 6. The minimum Gasteiger partial charge on any atom is -0.504 e. The molecular formula is C13H24N2O. The monoisotopic (exact) mass is 224 g/mol. The summed E-state index contributed by atoms with van der Waals surface area (Å²) in [7, 11) is 0. The summed E-state index contributed by atoms with van der Waals surface area (Å²) in [6.07, 6.45) is 4.14. The van der Waals surface area contributed by atoms with Gasteiger partial charge in [-0.05, 0) is 19.3 Å². The molecule has 0 aliphatic rings. The van der Waals surface area contributed by atoms with Crippen LogP contribution in [0.1, 0.15) is 64.3 Å². The van der Waals surface area contributed by atoms with E-state index in [1.54, 1.807) is 0 Å². The van der Waals surface area contributed by atoms with Gasteiger partial charge in [-0.3, -0.25) is 4.68 Å². The first-order valence-corrected chi connectivity index (χ1v) is 6.44. The van der Waals surface area contributed by atoms with Crippen LogP contribution in [0.3, 0.4) is 0 Å². The summed E-state index contributed by atoms with van der Waals surface area (Å²) in [4.78, 5) is 0. The van der Waals surface area contributed by atoms with Crippen LogP contribution in [-0.4, -0.2) is 14.9 Å². The Morgan fingerprint density at radius 3 is 2.50 bits per heavy atom. The molecule has 0 radical (unpaired) electrons. The van der Waals surface area contributed by atoms with Gasteiger partial charge in [-0.1, -0.05) is 34.1 Å². The average molecular weight is 224 g/mol. The number of aryl methyl sites for hydroxylation is 1. The summed E-state index contributed by atoms with van der Waals surface area (Å²) in [6, 6.07) is 0. The summed E-state index contributed by atoms with van der Waals surface area (Å²) in [6.45, 7) is 9.40. The van der Waals surface area contributed by atoms with E-state index in [-0.39, 0.29) is 0 Å². The van der Waals surface area contributed by atoms with Crippen LogP contribution in [0.4, 0.5) is 0 Å². The number of nitrogens with zero attached hydrogens (tertiary/aromatic N) is 2. The van der Waals surface area contributed by atoms with Crippen molar-refractivity contribution in [1.82, 2.24) is 9.78 Å². The van der Waals surface area contributed by atoms with E-state index in [1.165, 1.54) is 0 Å². The second-order valence-electron chi connectivity index (χ2n) is 4.42. The number of aromatic nitrogens is 2. The Morgan fingerprint density at radius 1 is 1.31 bits per heavy atom. The molecule has 0 aromatic carbocycles. The minimum absolute atomic E-state index is 0.341. The van der Waals surface area contributed by atoms with Gasteiger partial charge in [0.25, 0.3) is 0 Å². The average Bonchev–Trinajstić information content (AvgIpc) is 2.62. The van der Waals surface area contributed by atoms with E-state index in [2.05, 4.69) is 32.8 Å². The molecule has 3 nitrogen and oxygen atoms in total. The van der Waals surface area contributed by atoms with E-state index in [0.29, 0.717) is 11.7 Å². The third-order valence-corrected chi connectivity index (χ3v) is 3.19. The number of hydrogen-bond acceptors (Lipinski definition) is 2. The highest BCUT2D eigenvalue weighted by atomic mass is 16.3. The molecule has 1 rings (SSSR count). The normalized spacial score (nSPS) is 13.0. The summed E-state index contributed by atoms with van der Waals surface area (Å²) < 4.78 is 1.99. The van der Waals surface area contributed by atoms with Crippen molar-refractivity contribution < 1.29 is 5.11 Å². The lowest BCUT2D eigenvalue weighted by molar-refractivity contribution is 0.453. The van der Waals surface area contributed by atoms with Crippen molar-refractivity contribution in [1.29, 1.82) is 0 Å². The van der Waals surface area contributed by atoms with Gasteiger partial charge >= 0.3 is 0 Å². The zero-order valence-electron chi connectivity index (χ0n) is 11.0. The Kier molecular flexibility index (Phi) is 4.84. The Hall–Kier alpha value is -0.990. The molecule has 1 atom stereocenters. The maximum atomic E-state index is 10.1. The van der Waals surface area contributed by atoms with Crippen molar-refractivity contribution in [2.75, 3.05) is 0 Å². The third kappa shape index (κ3) is 2.57. The summed E-state index contributed by atoms with van der Waals surface area (Å²) in [5.74, 6) is 0.765. The van der Waals surface area contributed by atoms with Crippen LogP contribution in [0.2, 0.25) is 0 Å². The van der Waals surface area contributed by atoms with E-state index < -0.39 is 0 Å². The first kappa shape index (κ1) is 13.1. The first-order valence-electron chi connectivity index (χ1n) is 6.44. The highest BCUT2D eigenvalue weighted by Gasteiger charge is 2.19. The zero-order valence-corrected chi connectivity index (χ0v) is 11.0. The van der Waals surface area contributed by atoms with Crippen molar-refractivity contribution in [3.8, 4) is 5.75 Å². The lowest BCUT2D eigenvalue weighted by Crippen LogP contribution is -2.05. The Balaban J connectivity index is 2.99. The van der Waals surface area contributed by atoms with Gasteiger partial charge in [-0.25, -0.2) is 0 Å². The van der Waals surface area contributed by atoms with Crippen LogP contribution in [-0.2, 0) is 13.0 Å². The lowest BCUT2D eigenvalue weighted by atomic mass is 10.0. The van der Waals surface area contributed by atoms with E-state index in [1.807, 2.05) is 4.68 Å². The quantitative estimate of drug-likeness (QED) is 0.803. The van der Waals surface area contributed by atoms with Gasteiger partial charge in [0, 0.05) is 12.5 Å². The Bertz CT molecular complexity index is 331. The number of aromatic hydroxyl groups is 1. The number of hydrogen-bond donors (Lipinski definition) is 1. The highest BCUT2D eigenvalue weighted by Crippen LogP contribution is 2.30. The minimum atomic E-state index is 0.341. The van der Waals surface area contributed by atoms with Crippen LogP contribution < -0.4 is 0 Å². The Morgan fingerprint density at radius 2 is 2.00 bits per heavy atom.